The number of carbonyl (C=O) groups is 4. The van der Waals surface area contributed by atoms with Crippen molar-refractivity contribution in [3.8, 4) is 0 Å². The summed E-state index contributed by atoms with van der Waals surface area (Å²) in [5, 5.41) is 26.4. The van der Waals surface area contributed by atoms with Crippen molar-refractivity contribution in [1.82, 2.24) is 16.0 Å². The number of nitrogens with one attached hydrogen (secondary N) is 3. The van der Waals surface area contributed by atoms with Crippen LogP contribution in [0.3, 0.4) is 0 Å². The van der Waals surface area contributed by atoms with E-state index in [1.54, 1.807) is 13.8 Å². The van der Waals surface area contributed by atoms with Crippen LogP contribution in [-0.2, 0) is 19.2 Å². The van der Waals surface area contributed by atoms with Gasteiger partial charge < -0.3 is 31.9 Å². The molecule has 0 aliphatic carbocycles. The van der Waals surface area contributed by atoms with Crippen molar-refractivity contribution in [1.29, 1.82) is 0 Å². The number of amides is 3. The largest absolute Gasteiger partial charge is 0.480 e. The fourth-order valence-corrected chi connectivity index (χ4v) is 3.16. The number of hydrogen-bond acceptors (Lipinski definition) is 7. The van der Waals surface area contributed by atoms with Gasteiger partial charge in [-0.05, 0) is 30.3 Å². The number of carboxylic acids is 1. The Kier molecular flexibility index (Phi) is 14.1. The SMILES string of the molecule is CCC(C)C(N)C(=O)NC(CO)C(=O)NC(C(=O)NC(CCSC)C(=O)O)C(C)CC. The van der Waals surface area contributed by atoms with E-state index in [4.69, 9.17) is 5.73 Å². The maximum absolute atomic E-state index is 12.8. The number of hydrogen-bond donors (Lipinski definition) is 6. The van der Waals surface area contributed by atoms with Gasteiger partial charge in [-0.3, -0.25) is 14.4 Å². The van der Waals surface area contributed by atoms with E-state index in [9.17, 15) is 29.4 Å². The summed E-state index contributed by atoms with van der Waals surface area (Å²) in [7, 11) is 0. The molecule has 11 heteroatoms. The van der Waals surface area contributed by atoms with Gasteiger partial charge in [0.25, 0.3) is 0 Å². The zero-order valence-corrected chi connectivity index (χ0v) is 19.8. The Morgan fingerprint density at radius 2 is 1.45 bits per heavy atom. The molecule has 0 aromatic rings. The third-order valence-electron chi connectivity index (χ3n) is 5.39. The number of carbonyl (C=O) groups excluding carboxylic acids is 3. The third-order valence-corrected chi connectivity index (χ3v) is 6.04. The zero-order chi connectivity index (χ0) is 24.1. The molecule has 6 unspecified atom stereocenters. The molecule has 6 atom stereocenters. The number of aliphatic hydroxyl groups excluding tert-OH is 1. The summed E-state index contributed by atoms with van der Waals surface area (Å²) in [6.45, 7) is 6.58. The van der Waals surface area contributed by atoms with Gasteiger partial charge in [0.15, 0.2) is 0 Å². The number of thioether (sulfide) groups is 1. The summed E-state index contributed by atoms with van der Waals surface area (Å²) in [6, 6.07) is -4.23. The monoisotopic (exact) mass is 462 g/mol. The normalized spacial score (nSPS) is 16.9. The highest BCUT2D eigenvalue weighted by atomic mass is 32.2. The summed E-state index contributed by atoms with van der Waals surface area (Å²) in [5.41, 5.74) is 5.87. The Bertz CT molecular complexity index is 606. The highest BCUT2D eigenvalue weighted by molar-refractivity contribution is 7.98. The smallest absolute Gasteiger partial charge is 0.326 e. The summed E-state index contributed by atoms with van der Waals surface area (Å²) < 4.78 is 0. The number of carboxylic acid groups (broad SMARTS) is 1. The van der Waals surface area contributed by atoms with Crippen LogP contribution in [0.1, 0.15) is 47.0 Å². The molecule has 0 fully saturated rings. The Hall–Kier alpha value is -1.85. The lowest BCUT2D eigenvalue weighted by atomic mass is 9.97. The molecule has 0 aliphatic rings. The highest BCUT2D eigenvalue weighted by Gasteiger charge is 2.32. The predicted octanol–water partition coefficient (Wildman–Crippen LogP) is -0.310. The molecule has 0 aromatic heterocycles. The van der Waals surface area contributed by atoms with Crippen LogP contribution >= 0.6 is 11.8 Å². The van der Waals surface area contributed by atoms with Crippen LogP contribution in [0.2, 0.25) is 0 Å². The fraction of sp³-hybridized carbons (Fsp3) is 0.800. The van der Waals surface area contributed by atoms with Crippen LogP contribution in [0, 0.1) is 11.8 Å². The molecule has 0 aliphatic heterocycles. The lowest BCUT2D eigenvalue weighted by Gasteiger charge is -2.28. The van der Waals surface area contributed by atoms with E-state index in [0.29, 0.717) is 18.6 Å². The van der Waals surface area contributed by atoms with Gasteiger partial charge >= 0.3 is 5.97 Å². The average molecular weight is 463 g/mol. The van der Waals surface area contributed by atoms with Crippen LogP contribution in [0.25, 0.3) is 0 Å². The van der Waals surface area contributed by atoms with Crippen molar-refractivity contribution < 1.29 is 29.4 Å². The molecule has 0 saturated carbocycles. The van der Waals surface area contributed by atoms with Gasteiger partial charge in [-0.15, -0.1) is 0 Å². The minimum atomic E-state index is -1.28. The van der Waals surface area contributed by atoms with Crippen LogP contribution in [-0.4, -0.2) is 76.7 Å². The maximum atomic E-state index is 12.8. The molecule has 0 heterocycles. The molecular formula is C20H38N4O6S. The van der Waals surface area contributed by atoms with E-state index in [1.807, 2.05) is 20.1 Å². The van der Waals surface area contributed by atoms with Crippen molar-refractivity contribution >= 4 is 35.5 Å². The van der Waals surface area contributed by atoms with E-state index in [1.165, 1.54) is 11.8 Å². The minimum Gasteiger partial charge on any atom is -0.480 e. The molecule has 0 rings (SSSR count). The predicted molar refractivity (Wildman–Crippen MR) is 120 cm³/mol. The van der Waals surface area contributed by atoms with Gasteiger partial charge in [0.05, 0.1) is 12.6 Å². The third kappa shape index (κ3) is 9.88. The standard InChI is InChI=1S/C20H38N4O6S/c1-6-11(3)15(21)18(27)23-14(10-25)17(26)24-16(12(4)7-2)19(28)22-13(20(29)30)8-9-31-5/h11-16,25H,6-10,21H2,1-5H3,(H,22,28)(H,23,27)(H,24,26)(H,29,30). The molecule has 10 nitrogen and oxygen atoms in total. The first-order valence-corrected chi connectivity index (χ1v) is 11.9. The summed E-state index contributed by atoms with van der Waals surface area (Å²) in [6.07, 6.45) is 3.28. The average Bonchev–Trinajstić information content (AvgIpc) is 2.75. The second kappa shape index (κ2) is 15.0. The van der Waals surface area contributed by atoms with Crippen molar-refractivity contribution in [2.75, 3.05) is 18.6 Å². The number of rotatable bonds is 15. The summed E-state index contributed by atoms with van der Waals surface area (Å²) >= 11 is 1.46. The van der Waals surface area contributed by atoms with Crippen molar-refractivity contribution in [2.24, 2.45) is 17.6 Å². The van der Waals surface area contributed by atoms with E-state index in [0.717, 1.165) is 0 Å². The molecule has 0 radical (unpaired) electrons. The van der Waals surface area contributed by atoms with Crippen molar-refractivity contribution in [3.05, 3.63) is 0 Å². The van der Waals surface area contributed by atoms with Gasteiger partial charge in [-0.2, -0.15) is 11.8 Å². The summed E-state index contributed by atoms with van der Waals surface area (Å²) in [4.78, 5) is 49.1. The number of nitrogens with two attached hydrogens (primary N) is 1. The van der Waals surface area contributed by atoms with Gasteiger partial charge in [0.2, 0.25) is 17.7 Å². The topological polar surface area (TPSA) is 171 Å². The lowest BCUT2D eigenvalue weighted by Crippen LogP contribution is -2.59. The van der Waals surface area contributed by atoms with Crippen LogP contribution in [0.4, 0.5) is 0 Å². The van der Waals surface area contributed by atoms with Crippen LogP contribution in [0.15, 0.2) is 0 Å². The zero-order valence-electron chi connectivity index (χ0n) is 19.0. The Balaban J connectivity index is 5.31. The van der Waals surface area contributed by atoms with E-state index < -0.39 is 54.5 Å². The van der Waals surface area contributed by atoms with Gasteiger partial charge in [0.1, 0.15) is 18.1 Å². The second-order valence-corrected chi connectivity index (χ2v) is 8.69. The van der Waals surface area contributed by atoms with E-state index in [-0.39, 0.29) is 18.3 Å². The van der Waals surface area contributed by atoms with Gasteiger partial charge in [-0.25, -0.2) is 4.79 Å². The van der Waals surface area contributed by atoms with Crippen LogP contribution < -0.4 is 21.7 Å². The molecule has 0 spiro atoms. The molecule has 0 bridgehead atoms. The second-order valence-electron chi connectivity index (χ2n) is 7.71. The molecule has 180 valence electrons. The van der Waals surface area contributed by atoms with Crippen LogP contribution in [0.5, 0.6) is 0 Å². The molecule has 3 amide bonds. The van der Waals surface area contributed by atoms with E-state index in [2.05, 4.69) is 16.0 Å². The minimum absolute atomic E-state index is 0.115. The molecule has 7 N–H and O–H groups in total. The first-order chi connectivity index (χ1) is 14.5. The first kappa shape index (κ1) is 29.1. The fourth-order valence-electron chi connectivity index (χ4n) is 2.68. The molecule has 31 heavy (non-hydrogen) atoms. The highest BCUT2D eigenvalue weighted by Crippen LogP contribution is 2.10. The molecular weight excluding hydrogens is 424 g/mol. The molecule has 0 aromatic carbocycles. The van der Waals surface area contributed by atoms with Gasteiger partial charge in [0, 0.05) is 0 Å². The van der Waals surface area contributed by atoms with E-state index >= 15 is 0 Å². The first-order valence-electron chi connectivity index (χ1n) is 10.5. The summed E-state index contributed by atoms with van der Waals surface area (Å²) in [5.74, 6) is -2.98. The Labute approximate surface area is 188 Å². The quantitative estimate of drug-likeness (QED) is 0.192. The molecule has 0 saturated heterocycles. The number of aliphatic carboxylic acids is 1. The number of aliphatic hydroxyl groups is 1. The van der Waals surface area contributed by atoms with Gasteiger partial charge in [-0.1, -0.05) is 40.5 Å². The maximum Gasteiger partial charge on any atom is 0.326 e. The van der Waals surface area contributed by atoms with Crippen molar-refractivity contribution in [3.63, 3.8) is 0 Å². The lowest BCUT2D eigenvalue weighted by molar-refractivity contribution is -0.142. The Morgan fingerprint density at radius 3 is 1.90 bits per heavy atom. The van der Waals surface area contributed by atoms with Crippen molar-refractivity contribution in [2.45, 2.75) is 71.1 Å². The Morgan fingerprint density at radius 1 is 0.903 bits per heavy atom.